The summed E-state index contributed by atoms with van der Waals surface area (Å²) < 4.78 is 11.0. The summed E-state index contributed by atoms with van der Waals surface area (Å²) >= 11 is 0. The average molecular weight is 340 g/mol. The molecule has 5 N–H and O–H groups in total. The second kappa shape index (κ2) is 8.29. The van der Waals surface area contributed by atoms with Crippen LogP contribution in [0.4, 0.5) is 5.69 Å². The van der Waals surface area contributed by atoms with Gasteiger partial charge in [-0.3, -0.25) is 4.79 Å². The Hall–Kier alpha value is -1.87. The normalized spacial score (nSPS) is 29.8. The first-order valence-corrected chi connectivity index (χ1v) is 7.85. The van der Waals surface area contributed by atoms with Crippen molar-refractivity contribution in [3.8, 4) is 5.75 Å². The Balaban J connectivity index is 2.14. The quantitative estimate of drug-likeness (QED) is 0.471. The van der Waals surface area contributed by atoms with E-state index in [9.17, 15) is 20.1 Å². The van der Waals surface area contributed by atoms with Gasteiger partial charge in [0.15, 0.2) is 6.23 Å². The summed E-state index contributed by atoms with van der Waals surface area (Å²) in [5.74, 6) is 0.352. The van der Waals surface area contributed by atoms with Gasteiger partial charge in [0, 0.05) is 12.6 Å². The minimum atomic E-state index is -1.30. The fourth-order valence-corrected chi connectivity index (χ4v) is 2.61. The first kappa shape index (κ1) is 18.5. The summed E-state index contributed by atoms with van der Waals surface area (Å²) in [5.41, 5.74) is 0.680. The van der Waals surface area contributed by atoms with E-state index in [4.69, 9.17) is 9.47 Å². The fraction of sp³-hybridized carbons (Fsp3) is 0.562. The number of amides is 1. The van der Waals surface area contributed by atoms with E-state index < -0.39 is 37.2 Å². The number of aliphatic hydroxyl groups excluding tert-OH is 3. The lowest BCUT2D eigenvalue weighted by atomic mass is 9.95. The van der Waals surface area contributed by atoms with Crippen molar-refractivity contribution < 1.29 is 29.6 Å². The van der Waals surface area contributed by atoms with Gasteiger partial charge in [0.1, 0.15) is 30.1 Å². The first-order chi connectivity index (χ1) is 11.5. The molecule has 1 aromatic carbocycles. The molecule has 0 bridgehead atoms. The fourth-order valence-electron chi connectivity index (χ4n) is 2.61. The molecule has 0 saturated carbocycles. The zero-order valence-corrected chi connectivity index (χ0v) is 13.7. The standard InChI is InChI=1S/C16H24N2O6/c1-3-23-11-6-4-10(5-7-11)18-16-13(17-9(2)20)15(22)14(21)12(8-19)24-16/h4-7,12-16,18-19,21-22H,3,8H2,1-2H3,(H,17,20)/t12-,13-,14+,15-,16-/m0/s1. The maximum Gasteiger partial charge on any atom is 0.217 e. The van der Waals surface area contributed by atoms with E-state index in [2.05, 4.69) is 10.6 Å². The molecule has 1 saturated heterocycles. The van der Waals surface area contributed by atoms with E-state index in [-0.39, 0.29) is 5.91 Å². The largest absolute Gasteiger partial charge is 0.494 e. The lowest BCUT2D eigenvalue weighted by Gasteiger charge is -2.43. The van der Waals surface area contributed by atoms with Crippen LogP contribution in [0.15, 0.2) is 24.3 Å². The third kappa shape index (κ3) is 4.35. The van der Waals surface area contributed by atoms with Crippen molar-refractivity contribution in [2.75, 3.05) is 18.5 Å². The lowest BCUT2D eigenvalue weighted by Crippen LogP contribution is -2.65. The minimum Gasteiger partial charge on any atom is -0.494 e. The number of anilines is 1. The molecule has 0 spiro atoms. The van der Waals surface area contributed by atoms with Crippen LogP contribution in [0.2, 0.25) is 0 Å². The van der Waals surface area contributed by atoms with Crippen LogP contribution in [0.5, 0.6) is 5.75 Å². The number of rotatable bonds is 6. The molecule has 134 valence electrons. The van der Waals surface area contributed by atoms with Gasteiger partial charge in [0.25, 0.3) is 0 Å². The Labute approximate surface area is 140 Å². The molecular formula is C16H24N2O6. The maximum atomic E-state index is 11.4. The van der Waals surface area contributed by atoms with Gasteiger partial charge in [-0.1, -0.05) is 0 Å². The van der Waals surface area contributed by atoms with Gasteiger partial charge in [-0.15, -0.1) is 0 Å². The molecule has 24 heavy (non-hydrogen) atoms. The van der Waals surface area contributed by atoms with Gasteiger partial charge < -0.3 is 35.4 Å². The molecule has 1 amide bonds. The van der Waals surface area contributed by atoms with Crippen LogP contribution in [0.25, 0.3) is 0 Å². The van der Waals surface area contributed by atoms with Crippen molar-refractivity contribution in [2.45, 2.75) is 44.4 Å². The molecule has 1 aromatic rings. The Bertz CT molecular complexity index is 538. The number of aliphatic hydroxyl groups is 3. The van der Waals surface area contributed by atoms with Crippen molar-refractivity contribution in [1.82, 2.24) is 5.32 Å². The summed E-state index contributed by atoms with van der Waals surface area (Å²) in [6.45, 7) is 3.31. The van der Waals surface area contributed by atoms with E-state index in [1.165, 1.54) is 6.92 Å². The number of nitrogens with one attached hydrogen (secondary N) is 2. The molecule has 1 aliphatic heterocycles. The highest BCUT2D eigenvalue weighted by Gasteiger charge is 2.44. The number of benzene rings is 1. The third-order valence-electron chi connectivity index (χ3n) is 3.77. The molecule has 1 aliphatic rings. The molecule has 8 nitrogen and oxygen atoms in total. The molecular weight excluding hydrogens is 316 g/mol. The van der Waals surface area contributed by atoms with E-state index in [1.54, 1.807) is 24.3 Å². The van der Waals surface area contributed by atoms with Crippen LogP contribution in [0, 0.1) is 0 Å². The second-order valence-corrected chi connectivity index (χ2v) is 5.59. The predicted octanol–water partition coefficient (Wildman–Crippen LogP) is -0.559. The predicted molar refractivity (Wildman–Crippen MR) is 86.6 cm³/mol. The summed E-state index contributed by atoms with van der Waals surface area (Å²) in [7, 11) is 0. The van der Waals surface area contributed by atoms with Crippen LogP contribution in [0.3, 0.4) is 0 Å². The zero-order valence-electron chi connectivity index (χ0n) is 13.7. The maximum absolute atomic E-state index is 11.4. The van der Waals surface area contributed by atoms with E-state index in [0.29, 0.717) is 12.3 Å². The average Bonchev–Trinajstić information content (AvgIpc) is 2.56. The molecule has 0 radical (unpaired) electrons. The highest BCUT2D eigenvalue weighted by molar-refractivity contribution is 5.73. The van der Waals surface area contributed by atoms with Crippen molar-refractivity contribution in [1.29, 1.82) is 0 Å². The third-order valence-corrected chi connectivity index (χ3v) is 3.77. The van der Waals surface area contributed by atoms with Crippen molar-refractivity contribution in [3.05, 3.63) is 24.3 Å². The van der Waals surface area contributed by atoms with Crippen LogP contribution >= 0.6 is 0 Å². The Morgan fingerprint density at radius 2 is 1.92 bits per heavy atom. The highest BCUT2D eigenvalue weighted by Crippen LogP contribution is 2.24. The Morgan fingerprint density at radius 3 is 2.46 bits per heavy atom. The van der Waals surface area contributed by atoms with Crippen molar-refractivity contribution in [2.24, 2.45) is 0 Å². The van der Waals surface area contributed by atoms with Gasteiger partial charge in [0.2, 0.25) is 5.91 Å². The van der Waals surface area contributed by atoms with Gasteiger partial charge in [-0.25, -0.2) is 0 Å². The number of hydrogen-bond donors (Lipinski definition) is 5. The zero-order chi connectivity index (χ0) is 17.7. The van der Waals surface area contributed by atoms with Gasteiger partial charge in [0.05, 0.1) is 13.2 Å². The van der Waals surface area contributed by atoms with Gasteiger partial charge in [-0.05, 0) is 31.2 Å². The summed E-state index contributed by atoms with van der Waals surface area (Å²) in [6.07, 6.45) is -4.35. The number of carbonyl (C=O) groups excluding carboxylic acids is 1. The summed E-state index contributed by atoms with van der Waals surface area (Å²) in [4.78, 5) is 11.4. The van der Waals surface area contributed by atoms with Crippen LogP contribution in [-0.4, -0.2) is 65.0 Å². The van der Waals surface area contributed by atoms with Crippen LogP contribution < -0.4 is 15.4 Å². The molecule has 1 fully saturated rings. The smallest absolute Gasteiger partial charge is 0.217 e. The van der Waals surface area contributed by atoms with Crippen molar-refractivity contribution >= 4 is 11.6 Å². The topological polar surface area (TPSA) is 120 Å². The van der Waals surface area contributed by atoms with E-state index in [0.717, 1.165) is 5.75 Å². The monoisotopic (exact) mass is 340 g/mol. The van der Waals surface area contributed by atoms with E-state index >= 15 is 0 Å². The van der Waals surface area contributed by atoms with Gasteiger partial charge in [-0.2, -0.15) is 0 Å². The SMILES string of the molecule is CCOc1ccc(N[C@H]2O[C@@H](CO)[C@@H](O)[C@@H](O)[C@@H]2NC(C)=O)cc1. The molecule has 1 heterocycles. The molecule has 5 atom stereocenters. The molecule has 2 rings (SSSR count). The molecule has 0 unspecified atom stereocenters. The van der Waals surface area contributed by atoms with Crippen LogP contribution in [0.1, 0.15) is 13.8 Å². The number of carbonyl (C=O) groups is 1. The number of hydrogen-bond acceptors (Lipinski definition) is 7. The minimum absolute atomic E-state index is 0.365. The van der Waals surface area contributed by atoms with E-state index in [1.807, 2.05) is 6.92 Å². The summed E-state index contributed by atoms with van der Waals surface area (Å²) in [6, 6.07) is 6.22. The lowest BCUT2D eigenvalue weighted by molar-refractivity contribution is -0.188. The Morgan fingerprint density at radius 1 is 1.25 bits per heavy atom. The number of ether oxygens (including phenoxy) is 2. The van der Waals surface area contributed by atoms with Crippen LogP contribution in [-0.2, 0) is 9.53 Å². The summed E-state index contributed by atoms with van der Waals surface area (Å²) in [5, 5.41) is 35.1. The second-order valence-electron chi connectivity index (χ2n) is 5.59. The Kier molecular flexibility index (Phi) is 6.38. The van der Waals surface area contributed by atoms with Crippen molar-refractivity contribution in [3.63, 3.8) is 0 Å². The molecule has 8 heteroatoms. The van der Waals surface area contributed by atoms with Gasteiger partial charge >= 0.3 is 0 Å². The molecule has 0 aromatic heterocycles. The first-order valence-electron chi connectivity index (χ1n) is 7.85. The highest BCUT2D eigenvalue weighted by atomic mass is 16.5. The molecule has 0 aliphatic carbocycles.